The van der Waals surface area contributed by atoms with Crippen molar-refractivity contribution in [2.45, 2.75) is 0 Å². The minimum Gasteiger partial charge on any atom is -0.545 e. The Morgan fingerprint density at radius 1 is 1.50 bits per heavy atom. The predicted octanol–water partition coefficient (Wildman–Crippen LogP) is -2.48. The molecule has 12 heavy (non-hydrogen) atoms. The minimum atomic E-state index is -1.30. The molecule has 0 aliphatic carbocycles. The van der Waals surface area contributed by atoms with Crippen molar-refractivity contribution in [3.05, 3.63) is 28.2 Å². The fourth-order valence-electron chi connectivity index (χ4n) is 0.640. The molecule has 0 fully saturated rings. The standard InChI is InChI=1S/C7H5BrO3.K/c8-5-2-1-4(7(10)11)3-6(5)9;/h1-3,9H,(H,10,11);/q;+1/p-1. The van der Waals surface area contributed by atoms with Gasteiger partial charge in [0.2, 0.25) is 0 Å². The number of phenols is 1. The molecule has 1 rings (SSSR count). The van der Waals surface area contributed by atoms with Crippen LogP contribution in [0.2, 0.25) is 0 Å². The van der Waals surface area contributed by atoms with Gasteiger partial charge >= 0.3 is 51.4 Å². The van der Waals surface area contributed by atoms with Crippen LogP contribution in [-0.2, 0) is 0 Å². The number of rotatable bonds is 1. The van der Waals surface area contributed by atoms with Crippen LogP contribution in [0, 0.1) is 0 Å². The second-order valence-electron chi connectivity index (χ2n) is 1.95. The molecule has 1 N–H and O–H groups in total. The van der Waals surface area contributed by atoms with E-state index < -0.39 is 5.97 Å². The number of carboxylic acid groups (broad SMARTS) is 1. The van der Waals surface area contributed by atoms with E-state index in [2.05, 4.69) is 15.9 Å². The molecule has 3 nitrogen and oxygen atoms in total. The van der Waals surface area contributed by atoms with Crippen molar-refractivity contribution in [1.82, 2.24) is 0 Å². The van der Waals surface area contributed by atoms with Crippen LogP contribution in [-0.4, -0.2) is 11.1 Å². The van der Waals surface area contributed by atoms with Gasteiger partial charge in [0, 0.05) is 5.56 Å². The van der Waals surface area contributed by atoms with Gasteiger partial charge in [-0.1, -0.05) is 6.07 Å². The molecule has 0 atom stereocenters. The van der Waals surface area contributed by atoms with Crippen molar-refractivity contribution < 1.29 is 66.4 Å². The third kappa shape index (κ3) is 3.16. The summed E-state index contributed by atoms with van der Waals surface area (Å²) in [5.41, 5.74) is -0.0364. The first-order valence-electron chi connectivity index (χ1n) is 2.81. The topological polar surface area (TPSA) is 60.4 Å². The number of carboxylic acids is 1. The molecular formula is C7H4BrKO3. The number of carbonyl (C=O) groups excluding carboxylic acids is 1. The first kappa shape index (κ1) is 12.6. The van der Waals surface area contributed by atoms with Crippen molar-refractivity contribution in [2.75, 3.05) is 0 Å². The molecule has 0 unspecified atom stereocenters. The van der Waals surface area contributed by atoms with Crippen LogP contribution >= 0.6 is 15.9 Å². The first-order chi connectivity index (χ1) is 5.11. The Kier molecular flexibility index (Phi) is 5.63. The summed E-state index contributed by atoms with van der Waals surface area (Å²) in [6, 6.07) is 3.92. The summed E-state index contributed by atoms with van der Waals surface area (Å²) < 4.78 is 0.461. The predicted molar refractivity (Wildman–Crippen MR) is 40.1 cm³/mol. The number of phenolic OH excluding ortho intramolecular Hbond substituents is 1. The Bertz CT molecular complexity index is 301. The number of benzene rings is 1. The molecule has 5 heteroatoms. The largest absolute Gasteiger partial charge is 1.00 e. The summed E-state index contributed by atoms with van der Waals surface area (Å²) >= 11 is 3.02. The van der Waals surface area contributed by atoms with E-state index in [1.54, 1.807) is 0 Å². The molecule has 0 bridgehead atoms. The number of aromatic carboxylic acids is 1. The van der Waals surface area contributed by atoms with Gasteiger partial charge in [-0.15, -0.1) is 0 Å². The van der Waals surface area contributed by atoms with Gasteiger partial charge in [-0.25, -0.2) is 0 Å². The molecule has 0 saturated carbocycles. The SMILES string of the molecule is O=C([O-])c1ccc(Br)c(O)c1.[K+]. The van der Waals surface area contributed by atoms with Crippen molar-refractivity contribution in [2.24, 2.45) is 0 Å². The third-order valence-corrected chi connectivity index (χ3v) is 1.85. The smallest absolute Gasteiger partial charge is 0.545 e. The summed E-state index contributed by atoms with van der Waals surface area (Å²) in [6.07, 6.45) is 0. The van der Waals surface area contributed by atoms with Crippen LogP contribution in [0.3, 0.4) is 0 Å². The molecule has 1 aromatic carbocycles. The number of hydrogen-bond donors (Lipinski definition) is 1. The average molecular weight is 255 g/mol. The molecule has 0 radical (unpaired) electrons. The van der Waals surface area contributed by atoms with E-state index in [4.69, 9.17) is 5.11 Å². The zero-order chi connectivity index (χ0) is 8.43. The summed E-state index contributed by atoms with van der Waals surface area (Å²) in [7, 11) is 0. The van der Waals surface area contributed by atoms with Crippen molar-refractivity contribution >= 4 is 21.9 Å². The summed E-state index contributed by atoms with van der Waals surface area (Å²) in [5, 5.41) is 19.2. The van der Waals surface area contributed by atoms with E-state index >= 15 is 0 Å². The summed E-state index contributed by atoms with van der Waals surface area (Å²) in [4.78, 5) is 10.2. The molecule has 0 aromatic heterocycles. The average Bonchev–Trinajstić information content (AvgIpc) is 1.94. The maximum absolute atomic E-state index is 10.2. The van der Waals surface area contributed by atoms with Gasteiger partial charge in [-0.2, -0.15) is 0 Å². The number of hydrogen-bond acceptors (Lipinski definition) is 3. The maximum atomic E-state index is 10.2. The fraction of sp³-hybridized carbons (Fsp3) is 0. The Balaban J connectivity index is 0.00000121. The molecule has 0 heterocycles. The van der Waals surface area contributed by atoms with Crippen LogP contribution in [0.25, 0.3) is 0 Å². The Hall–Kier alpha value is 0.606. The van der Waals surface area contributed by atoms with E-state index in [1.165, 1.54) is 12.1 Å². The molecule has 1 aromatic rings. The van der Waals surface area contributed by atoms with E-state index in [9.17, 15) is 9.90 Å². The van der Waals surface area contributed by atoms with Gasteiger partial charge in [0.25, 0.3) is 0 Å². The molecule has 0 amide bonds. The quantitative estimate of drug-likeness (QED) is 0.565. The zero-order valence-electron chi connectivity index (χ0n) is 6.37. The van der Waals surface area contributed by atoms with Gasteiger partial charge in [-0.05, 0) is 28.1 Å². The van der Waals surface area contributed by atoms with Crippen molar-refractivity contribution in [3.63, 3.8) is 0 Å². The first-order valence-corrected chi connectivity index (χ1v) is 3.60. The maximum Gasteiger partial charge on any atom is 1.00 e. The van der Waals surface area contributed by atoms with Crippen LogP contribution in [0.15, 0.2) is 22.7 Å². The van der Waals surface area contributed by atoms with Crippen LogP contribution < -0.4 is 56.5 Å². The second kappa shape index (κ2) is 5.36. The van der Waals surface area contributed by atoms with Gasteiger partial charge in [0.05, 0.1) is 10.4 Å². The zero-order valence-corrected chi connectivity index (χ0v) is 11.1. The number of aromatic hydroxyl groups is 1. The van der Waals surface area contributed by atoms with E-state index in [-0.39, 0.29) is 62.7 Å². The van der Waals surface area contributed by atoms with Crippen LogP contribution in [0.4, 0.5) is 0 Å². The number of carbonyl (C=O) groups is 1. The molecular weight excluding hydrogens is 251 g/mol. The molecule has 0 spiro atoms. The van der Waals surface area contributed by atoms with Gasteiger partial charge < -0.3 is 15.0 Å². The number of halogens is 1. The summed E-state index contributed by atoms with van der Waals surface area (Å²) in [6.45, 7) is 0. The molecule has 0 aliphatic heterocycles. The van der Waals surface area contributed by atoms with Crippen LogP contribution in [0.1, 0.15) is 10.4 Å². The van der Waals surface area contributed by atoms with Gasteiger partial charge in [0.15, 0.2) is 0 Å². The minimum absolute atomic E-state index is 0. The monoisotopic (exact) mass is 254 g/mol. The van der Waals surface area contributed by atoms with Gasteiger partial charge in [-0.3, -0.25) is 0 Å². The Labute approximate surface area is 120 Å². The Morgan fingerprint density at radius 2 is 2.08 bits per heavy atom. The van der Waals surface area contributed by atoms with E-state index in [0.29, 0.717) is 4.47 Å². The molecule has 0 saturated heterocycles. The van der Waals surface area contributed by atoms with Crippen LogP contribution in [0.5, 0.6) is 5.75 Å². The second-order valence-corrected chi connectivity index (χ2v) is 2.81. The fourth-order valence-corrected chi connectivity index (χ4v) is 0.886. The van der Waals surface area contributed by atoms with E-state index in [0.717, 1.165) is 6.07 Å². The van der Waals surface area contributed by atoms with Crippen molar-refractivity contribution in [3.8, 4) is 5.75 Å². The third-order valence-electron chi connectivity index (χ3n) is 1.18. The molecule has 58 valence electrons. The Morgan fingerprint density at radius 3 is 2.50 bits per heavy atom. The normalized spacial score (nSPS) is 8.75. The summed E-state index contributed by atoms with van der Waals surface area (Å²) in [5.74, 6) is -1.40. The van der Waals surface area contributed by atoms with E-state index in [1.807, 2.05) is 0 Å². The van der Waals surface area contributed by atoms with Gasteiger partial charge in [0.1, 0.15) is 5.75 Å². The van der Waals surface area contributed by atoms with Crippen molar-refractivity contribution in [1.29, 1.82) is 0 Å². The molecule has 0 aliphatic rings.